The zero-order valence-corrected chi connectivity index (χ0v) is 23.0. The summed E-state index contributed by atoms with van der Waals surface area (Å²) in [7, 11) is 3.80. The maximum absolute atomic E-state index is 12.4. The van der Waals surface area contributed by atoms with Crippen LogP contribution >= 0.6 is 0 Å². The van der Waals surface area contributed by atoms with E-state index in [1.807, 2.05) is 16.9 Å². The zero-order valence-electron chi connectivity index (χ0n) is 23.0. The lowest BCUT2D eigenvalue weighted by Gasteiger charge is -2.26. The summed E-state index contributed by atoms with van der Waals surface area (Å²) in [6.07, 6.45) is 11.4. The third-order valence-corrected chi connectivity index (χ3v) is 8.32. The highest BCUT2D eigenvalue weighted by Gasteiger charge is 2.34. The summed E-state index contributed by atoms with van der Waals surface area (Å²) in [6, 6.07) is 3.70. The fourth-order valence-electron chi connectivity index (χ4n) is 5.79. The quantitative estimate of drug-likeness (QED) is 0.318. The minimum absolute atomic E-state index is 0.142. The molecule has 1 saturated carbocycles. The second kappa shape index (κ2) is 10.9. The molecule has 1 saturated heterocycles. The van der Waals surface area contributed by atoms with E-state index in [1.165, 1.54) is 4.68 Å². The smallest absolute Gasteiger partial charge is 0.277 e. The van der Waals surface area contributed by atoms with Crippen LogP contribution in [0.4, 0.5) is 11.6 Å². The van der Waals surface area contributed by atoms with Gasteiger partial charge in [-0.05, 0) is 57.8 Å². The molecule has 4 aromatic rings. The lowest BCUT2D eigenvalue weighted by Crippen LogP contribution is -2.29. The van der Waals surface area contributed by atoms with Crippen LogP contribution in [0.25, 0.3) is 22.3 Å². The van der Waals surface area contributed by atoms with Crippen molar-refractivity contribution in [3.8, 4) is 23.2 Å². The van der Waals surface area contributed by atoms with E-state index >= 15 is 0 Å². The summed E-state index contributed by atoms with van der Waals surface area (Å²) in [5.74, 6) is 8.66. The highest BCUT2D eigenvalue weighted by atomic mass is 16.3. The molecular formula is C29H35N9O2. The van der Waals surface area contributed by atoms with E-state index in [2.05, 4.69) is 49.2 Å². The van der Waals surface area contributed by atoms with Crippen molar-refractivity contribution in [1.82, 2.24) is 39.4 Å². The van der Waals surface area contributed by atoms with Crippen molar-refractivity contribution in [2.75, 3.05) is 32.1 Å². The zero-order chi connectivity index (χ0) is 27.7. The number of piperidine rings is 1. The first-order valence-electron chi connectivity index (χ1n) is 14.0. The molecule has 11 heteroatoms. The summed E-state index contributed by atoms with van der Waals surface area (Å²) >= 11 is 0. The molecule has 1 aliphatic carbocycles. The number of hydrogen-bond donors (Lipinski definition) is 3. The molecule has 11 nitrogen and oxygen atoms in total. The number of likely N-dealkylation sites (tertiary alicyclic amines) is 1. The molecule has 0 unspecified atom stereocenters. The predicted molar refractivity (Wildman–Crippen MR) is 153 cm³/mol. The number of anilines is 2. The second-order valence-electron chi connectivity index (χ2n) is 11.2. The van der Waals surface area contributed by atoms with Gasteiger partial charge in [0.15, 0.2) is 5.82 Å². The molecule has 2 fully saturated rings. The largest absolute Gasteiger partial charge is 0.396 e. The standard InChI is InChI=1S/C29H35N9O2/c1-36-13-8-20(9-14-36)5-6-23-21-16-31-26(15-24(21)38(35-23)18-29(19-39)10-3-4-11-29)33-25-7-12-30-27(34-25)22-17-32-37(2)28(22)40/h7,12,15-17,20,32,39H,3-4,8-11,13-14,18-19H2,1-2H3,(H,30,31,33,34). The van der Waals surface area contributed by atoms with Crippen molar-refractivity contribution in [2.45, 2.75) is 45.1 Å². The van der Waals surface area contributed by atoms with Gasteiger partial charge in [-0.1, -0.05) is 18.8 Å². The van der Waals surface area contributed by atoms with Crippen molar-refractivity contribution in [1.29, 1.82) is 0 Å². The Labute approximate surface area is 232 Å². The predicted octanol–water partition coefficient (Wildman–Crippen LogP) is 2.90. The molecule has 0 spiro atoms. The van der Waals surface area contributed by atoms with Crippen LogP contribution in [0.3, 0.4) is 0 Å². The Hall–Kier alpha value is -4.01. The molecule has 208 valence electrons. The number of hydrogen-bond acceptors (Lipinski definition) is 8. The van der Waals surface area contributed by atoms with Crippen molar-refractivity contribution in [2.24, 2.45) is 18.4 Å². The molecule has 4 aromatic heterocycles. The molecule has 0 atom stereocenters. The van der Waals surface area contributed by atoms with Gasteiger partial charge in [-0.15, -0.1) is 0 Å². The number of aromatic amines is 1. The summed E-state index contributed by atoms with van der Waals surface area (Å²) < 4.78 is 3.38. The van der Waals surface area contributed by atoms with E-state index in [4.69, 9.17) is 5.10 Å². The molecular weight excluding hydrogens is 506 g/mol. The van der Waals surface area contributed by atoms with Gasteiger partial charge in [0.05, 0.1) is 17.5 Å². The Bertz CT molecular complexity index is 1630. The first kappa shape index (κ1) is 26.2. The van der Waals surface area contributed by atoms with E-state index in [0.717, 1.165) is 68.2 Å². The first-order valence-corrected chi connectivity index (χ1v) is 14.0. The Morgan fingerprint density at radius 2 is 1.98 bits per heavy atom. The van der Waals surface area contributed by atoms with Crippen molar-refractivity contribution in [3.05, 3.63) is 46.8 Å². The number of aryl methyl sites for hydroxylation is 1. The molecule has 0 radical (unpaired) electrons. The molecule has 0 aromatic carbocycles. The third kappa shape index (κ3) is 5.24. The maximum atomic E-state index is 12.4. The van der Waals surface area contributed by atoms with Crippen molar-refractivity contribution >= 4 is 22.5 Å². The summed E-state index contributed by atoms with van der Waals surface area (Å²) in [5.41, 5.74) is 1.68. The highest BCUT2D eigenvalue weighted by molar-refractivity contribution is 5.86. The average molecular weight is 542 g/mol. The van der Waals surface area contributed by atoms with Crippen LogP contribution in [-0.2, 0) is 13.6 Å². The number of aliphatic hydroxyl groups excluding tert-OH is 1. The van der Waals surface area contributed by atoms with Crippen LogP contribution in [0, 0.1) is 23.2 Å². The van der Waals surface area contributed by atoms with E-state index in [-0.39, 0.29) is 17.6 Å². The number of aliphatic hydroxyl groups is 1. The van der Waals surface area contributed by atoms with Crippen LogP contribution in [-0.4, -0.2) is 71.3 Å². The number of pyridine rings is 1. The van der Waals surface area contributed by atoms with Crippen molar-refractivity contribution < 1.29 is 5.11 Å². The number of H-pyrrole nitrogens is 1. The number of nitrogens with zero attached hydrogens (tertiary/aromatic N) is 7. The Kier molecular flexibility index (Phi) is 7.12. The fourth-order valence-corrected chi connectivity index (χ4v) is 5.79. The molecule has 2 aliphatic rings. The molecule has 3 N–H and O–H groups in total. The normalized spacial score (nSPS) is 17.7. The Morgan fingerprint density at radius 3 is 2.70 bits per heavy atom. The third-order valence-electron chi connectivity index (χ3n) is 8.32. The fraction of sp³-hybridized carbons (Fsp3) is 0.483. The van der Waals surface area contributed by atoms with Crippen LogP contribution in [0.2, 0.25) is 0 Å². The van der Waals surface area contributed by atoms with Gasteiger partial charge in [0.25, 0.3) is 5.56 Å². The highest BCUT2D eigenvalue weighted by Crippen LogP contribution is 2.40. The first-order chi connectivity index (χ1) is 19.4. The lowest BCUT2D eigenvalue weighted by atomic mass is 9.87. The maximum Gasteiger partial charge on any atom is 0.277 e. The summed E-state index contributed by atoms with van der Waals surface area (Å²) in [6.45, 7) is 2.90. The van der Waals surface area contributed by atoms with E-state index < -0.39 is 0 Å². The van der Waals surface area contributed by atoms with Gasteiger partial charge in [-0.25, -0.2) is 15.0 Å². The van der Waals surface area contributed by atoms with Gasteiger partial charge < -0.3 is 20.4 Å². The Morgan fingerprint density at radius 1 is 1.18 bits per heavy atom. The van der Waals surface area contributed by atoms with Gasteiger partial charge in [0.2, 0.25) is 0 Å². The van der Waals surface area contributed by atoms with Gasteiger partial charge in [0.1, 0.15) is 22.9 Å². The van der Waals surface area contributed by atoms with E-state index in [0.29, 0.717) is 35.5 Å². The number of aromatic nitrogens is 7. The lowest BCUT2D eigenvalue weighted by molar-refractivity contribution is 0.108. The van der Waals surface area contributed by atoms with Crippen LogP contribution < -0.4 is 10.9 Å². The van der Waals surface area contributed by atoms with E-state index in [1.54, 1.807) is 25.5 Å². The van der Waals surface area contributed by atoms with Gasteiger partial charge in [0, 0.05) is 49.6 Å². The monoisotopic (exact) mass is 541 g/mol. The summed E-state index contributed by atoms with van der Waals surface area (Å²) in [4.78, 5) is 28.2. The molecule has 6 rings (SSSR count). The summed E-state index contributed by atoms with van der Waals surface area (Å²) in [5, 5.41) is 22.3. The second-order valence-corrected chi connectivity index (χ2v) is 11.2. The minimum Gasteiger partial charge on any atom is -0.396 e. The van der Waals surface area contributed by atoms with Crippen molar-refractivity contribution in [3.63, 3.8) is 0 Å². The number of fused-ring (bicyclic) bond motifs is 1. The van der Waals surface area contributed by atoms with Gasteiger partial charge >= 0.3 is 0 Å². The van der Waals surface area contributed by atoms with Crippen LogP contribution in [0.1, 0.15) is 44.2 Å². The molecule has 5 heterocycles. The van der Waals surface area contributed by atoms with Gasteiger partial charge in [-0.2, -0.15) is 5.10 Å². The Balaban J connectivity index is 1.33. The van der Waals surface area contributed by atoms with Crippen LogP contribution in [0.15, 0.2) is 35.5 Å². The molecule has 0 amide bonds. The minimum atomic E-state index is -0.195. The number of nitrogens with one attached hydrogen (secondary N) is 2. The topological polar surface area (TPSA) is 130 Å². The number of rotatable bonds is 6. The molecule has 0 bridgehead atoms. The van der Waals surface area contributed by atoms with Crippen LogP contribution in [0.5, 0.6) is 0 Å². The molecule has 40 heavy (non-hydrogen) atoms. The SMILES string of the molecule is CN1CCC(C#Cc2nn(CC3(CO)CCCC3)c3cc(Nc4ccnc(-c5c[nH]n(C)c5=O)n4)ncc23)CC1. The average Bonchev–Trinajstić information content (AvgIpc) is 3.67. The van der Waals surface area contributed by atoms with Gasteiger partial charge in [-0.3, -0.25) is 14.2 Å². The molecule has 1 aliphatic heterocycles. The van der Waals surface area contributed by atoms with E-state index in [9.17, 15) is 9.90 Å².